The summed E-state index contributed by atoms with van der Waals surface area (Å²) in [4.78, 5) is 14.6. The molecule has 1 heterocycles. The highest BCUT2D eigenvalue weighted by atomic mass is 16.5. The van der Waals surface area contributed by atoms with E-state index in [1.807, 2.05) is 0 Å². The lowest BCUT2D eigenvalue weighted by molar-refractivity contribution is -0.127. The summed E-state index contributed by atoms with van der Waals surface area (Å²) in [6.45, 7) is 4.94. The summed E-state index contributed by atoms with van der Waals surface area (Å²) in [6.07, 6.45) is 6.01. The Kier molecular flexibility index (Phi) is 4.26. The Balaban J connectivity index is 1.70. The molecule has 0 radical (unpaired) electrons. The maximum absolute atomic E-state index is 12.3. The number of nitrogens with two attached hydrogens (primary N) is 1. The van der Waals surface area contributed by atoms with E-state index < -0.39 is 5.54 Å². The van der Waals surface area contributed by atoms with Crippen molar-refractivity contribution in [2.45, 2.75) is 56.7 Å². The van der Waals surface area contributed by atoms with Crippen molar-refractivity contribution in [3.8, 4) is 0 Å². The number of methoxy groups -OCH3 is 1. The zero-order chi connectivity index (χ0) is 15.0. The standard InChI is InChI=1S/C16H29N3O2/c1-11-7-8-19(9-14(11)21-2)10-16(15(17)20,12-3-4-12)18-13-5-6-13/h11-14,18H,3-10H2,1-2H3,(H2,17,20). The minimum Gasteiger partial charge on any atom is -0.380 e. The predicted molar refractivity (Wildman–Crippen MR) is 81.8 cm³/mol. The van der Waals surface area contributed by atoms with E-state index in [4.69, 9.17) is 10.5 Å². The highest BCUT2D eigenvalue weighted by Gasteiger charge is 2.53. The van der Waals surface area contributed by atoms with Crippen molar-refractivity contribution in [2.24, 2.45) is 17.6 Å². The van der Waals surface area contributed by atoms with Crippen molar-refractivity contribution in [1.82, 2.24) is 10.2 Å². The molecule has 21 heavy (non-hydrogen) atoms. The zero-order valence-corrected chi connectivity index (χ0v) is 13.3. The van der Waals surface area contributed by atoms with Crippen LogP contribution in [0.2, 0.25) is 0 Å². The summed E-state index contributed by atoms with van der Waals surface area (Å²) in [5.74, 6) is 0.854. The van der Waals surface area contributed by atoms with Gasteiger partial charge in [0.15, 0.2) is 0 Å². The summed E-state index contributed by atoms with van der Waals surface area (Å²) >= 11 is 0. The first kappa shape index (κ1) is 15.3. The molecule has 0 aromatic heterocycles. The number of piperidine rings is 1. The Morgan fingerprint density at radius 1 is 1.33 bits per heavy atom. The molecule has 1 aliphatic heterocycles. The van der Waals surface area contributed by atoms with Crippen LogP contribution < -0.4 is 11.1 Å². The first-order chi connectivity index (χ1) is 10.0. The SMILES string of the molecule is COC1CN(CC(NC2CC2)(C(N)=O)C2CC2)CCC1C. The third kappa shape index (κ3) is 3.25. The van der Waals surface area contributed by atoms with Gasteiger partial charge in [0.2, 0.25) is 5.91 Å². The van der Waals surface area contributed by atoms with Gasteiger partial charge in [-0.05, 0) is 50.5 Å². The van der Waals surface area contributed by atoms with Gasteiger partial charge in [-0.1, -0.05) is 6.92 Å². The van der Waals surface area contributed by atoms with Gasteiger partial charge in [-0.25, -0.2) is 0 Å². The van der Waals surface area contributed by atoms with Crippen molar-refractivity contribution in [3.63, 3.8) is 0 Å². The molecule has 1 saturated heterocycles. The van der Waals surface area contributed by atoms with Crippen LogP contribution in [0.15, 0.2) is 0 Å². The Bertz CT molecular complexity index is 395. The number of likely N-dealkylation sites (tertiary alicyclic amines) is 1. The number of hydrogen-bond donors (Lipinski definition) is 2. The molecule has 0 spiro atoms. The number of hydrogen-bond acceptors (Lipinski definition) is 4. The lowest BCUT2D eigenvalue weighted by Crippen LogP contribution is -2.65. The summed E-state index contributed by atoms with van der Waals surface area (Å²) < 4.78 is 5.60. The topological polar surface area (TPSA) is 67.6 Å². The number of rotatable bonds is 7. The van der Waals surface area contributed by atoms with Crippen molar-refractivity contribution in [1.29, 1.82) is 0 Å². The van der Waals surface area contributed by atoms with Gasteiger partial charge in [0.25, 0.3) is 0 Å². The number of primary amides is 1. The molecule has 3 fully saturated rings. The van der Waals surface area contributed by atoms with Crippen LogP contribution in [0.5, 0.6) is 0 Å². The summed E-state index contributed by atoms with van der Waals surface area (Å²) in [6, 6.07) is 0.500. The minimum absolute atomic E-state index is 0.163. The lowest BCUT2D eigenvalue weighted by Gasteiger charge is -2.42. The number of carbonyl (C=O) groups is 1. The second-order valence-corrected chi connectivity index (χ2v) is 7.30. The van der Waals surface area contributed by atoms with Crippen LogP contribution in [-0.4, -0.2) is 55.2 Å². The van der Waals surface area contributed by atoms with Crippen LogP contribution in [0.1, 0.15) is 39.0 Å². The number of nitrogens with one attached hydrogen (secondary N) is 1. The van der Waals surface area contributed by atoms with Gasteiger partial charge < -0.3 is 10.5 Å². The van der Waals surface area contributed by atoms with Crippen LogP contribution in [0.3, 0.4) is 0 Å². The molecule has 120 valence electrons. The van der Waals surface area contributed by atoms with E-state index in [0.29, 0.717) is 17.9 Å². The number of amides is 1. The van der Waals surface area contributed by atoms with Crippen molar-refractivity contribution >= 4 is 5.91 Å². The van der Waals surface area contributed by atoms with Gasteiger partial charge in [0.05, 0.1) is 6.10 Å². The zero-order valence-electron chi connectivity index (χ0n) is 13.3. The van der Waals surface area contributed by atoms with E-state index in [0.717, 1.165) is 38.9 Å². The summed E-state index contributed by atoms with van der Waals surface area (Å²) in [5, 5.41) is 3.60. The highest BCUT2D eigenvalue weighted by Crippen LogP contribution is 2.42. The van der Waals surface area contributed by atoms with Crippen LogP contribution in [0, 0.1) is 11.8 Å². The van der Waals surface area contributed by atoms with E-state index in [1.165, 1.54) is 12.8 Å². The summed E-state index contributed by atoms with van der Waals surface area (Å²) in [5.41, 5.74) is 5.33. The van der Waals surface area contributed by atoms with E-state index in [-0.39, 0.29) is 12.0 Å². The molecule has 0 aromatic rings. The van der Waals surface area contributed by atoms with Crippen LogP contribution in [0.25, 0.3) is 0 Å². The normalized spacial score (nSPS) is 33.6. The third-order valence-electron chi connectivity index (χ3n) is 5.50. The molecule has 0 bridgehead atoms. The molecule has 0 aromatic carbocycles. The minimum atomic E-state index is -0.514. The van der Waals surface area contributed by atoms with Crippen LogP contribution in [-0.2, 0) is 9.53 Å². The first-order valence-corrected chi connectivity index (χ1v) is 8.38. The number of ether oxygens (including phenoxy) is 1. The molecule has 2 saturated carbocycles. The van der Waals surface area contributed by atoms with Gasteiger partial charge in [-0.2, -0.15) is 0 Å². The van der Waals surface area contributed by atoms with E-state index >= 15 is 0 Å². The fraction of sp³-hybridized carbons (Fsp3) is 0.938. The van der Waals surface area contributed by atoms with E-state index in [2.05, 4.69) is 17.1 Å². The van der Waals surface area contributed by atoms with E-state index in [1.54, 1.807) is 7.11 Å². The maximum atomic E-state index is 12.3. The molecule has 3 N–H and O–H groups in total. The Morgan fingerprint density at radius 3 is 2.57 bits per heavy atom. The smallest absolute Gasteiger partial charge is 0.239 e. The Hall–Kier alpha value is -0.650. The lowest BCUT2D eigenvalue weighted by atomic mass is 9.88. The number of nitrogens with zero attached hydrogens (tertiary/aromatic N) is 1. The van der Waals surface area contributed by atoms with Crippen molar-refractivity contribution in [3.05, 3.63) is 0 Å². The summed E-state index contributed by atoms with van der Waals surface area (Å²) in [7, 11) is 1.79. The Morgan fingerprint density at radius 2 is 2.05 bits per heavy atom. The average Bonchev–Trinajstić information content (AvgIpc) is 3.32. The first-order valence-electron chi connectivity index (χ1n) is 8.38. The second kappa shape index (κ2) is 5.86. The van der Waals surface area contributed by atoms with Crippen molar-refractivity contribution in [2.75, 3.05) is 26.7 Å². The van der Waals surface area contributed by atoms with Crippen LogP contribution >= 0.6 is 0 Å². The van der Waals surface area contributed by atoms with Gasteiger partial charge in [0, 0.05) is 26.2 Å². The van der Waals surface area contributed by atoms with Gasteiger partial charge in [0.1, 0.15) is 5.54 Å². The average molecular weight is 295 g/mol. The largest absolute Gasteiger partial charge is 0.380 e. The third-order valence-corrected chi connectivity index (χ3v) is 5.50. The molecular weight excluding hydrogens is 266 g/mol. The quantitative estimate of drug-likeness (QED) is 0.726. The highest BCUT2D eigenvalue weighted by molar-refractivity contribution is 5.86. The fourth-order valence-electron chi connectivity index (χ4n) is 3.71. The van der Waals surface area contributed by atoms with Gasteiger partial charge >= 0.3 is 0 Å². The number of carbonyl (C=O) groups excluding carboxylic acids is 1. The second-order valence-electron chi connectivity index (χ2n) is 7.30. The van der Waals surface area contributed by atoms with Gasteiger partial charge in [-0.15, -0.1) is 0 Å². The molecule has 1 amide bonds. The Labute approximate surface area is 127 Å². The fourth-order valence-corrected chi connectivity index (χ4v) is 3.71. The van der Waals surface area contributed by atoms with Crippen LogP contribution in [0.4, 0.5) is 0 Å². The molecule has 2 aliphatic carbocycles. The molecule has 3 atom stereocenters. The van der Waals surface area contributed by atoms with E-state index in [9.17, 15) is 4.79 Å². The predicted octanol–water partition coefficient (Wildman–Crippen LogP) is 0.729. The maximum Gasteiger partial charge on any atom is 0.239 e. The molecule has 5 nitrogen and oxygen atoms in total. The van der Waals surface area contributed by atoms with Crippen molar-refractivity contribution < 1.29 is 9.53 Å². The van der Waals surface area contributed by atoms with Gasteiger partial charge in [-0.3, -0.25) is 15.0 Å². The molecule has 3 aliphatic rings. The monoisotopic (exact) mass is 295 g/mol. The molecule has 3 unspecified atom stereocenters. The molecule has 5 heteroatoms. The molecule has 3 rings (SSSR count). The molecular formula is C16H29N3O2.